The molecule has 12 heavy (non-hydrogen) atoms. The number of rotatable bonds is 1. The number of carbonyl (C=O) groups is 1. The molecule has 1 atom stereocenters. The number of nitrogens with zero attached hydrogens (tertiary/aromatic N) is 1. The maximum Gasteiger partial charge on any atom is 1.00 e. The molecule has 0 N–H and O–H groups in total. The Bertz CT molecular complexity index is 180. The molecular weight excluding hydrogens is 205 g/mol. The number of carbonyl (C=O) groups excluding carboxylic acids is 1. The van der Waals surface area contributed by atoms with E-state index in [2.05, 4.69) is 12.6 Å². The van der Waals surface area contributed by atoms with Crippen LogP contribution in [-0.4, -0.2) is 27.8 Å². The van der Waals surface area contributed by atoms with Crippen LogP contribution in [0.15, 0.2) is 0 Å². The van der Waals surface area contributed by atoms with Crippen molar-refractivity contribution in [2.45, 2.75) is 18.9 Å². The van der Waals surface area contributed by atoms with Gasteiger partial charge in [0, 0.05) is 6.54 Å². The summed E-state index contributed by atoms with van der Waals surface area (Å²) in [6.07, 6.45) is 1.46. The minimum atomic E-state index is -1.06. The average Bonchev–Trinajstić information content (AvgIpc) is 2.32. The molecule has 0 aromatic rings. The number of carboxylic acids is 1. The predicted octanol–water partition coefficient (Wildman–Crippen LogP) is -3.58. The van der Waals surface area contributed by atoms with Crippen molar-refractivity contribution in [1.82, 2.24) is 4.90 Å². The number of hydrogen-bond acceptors (Lipinski definition) is 3. The van der Waals surface area contributed by atoms with Crippen LogP contribution in [0.25, 0.3) is 0 Å². The summed E-state index contributed by atoms with van der Waals surface area (Å²) < 4.78 is 0.344. The van der Waals surface area contributed by atoms with Crippen LogP contribution >= 0.6 is 24.8 Å². The summed E-state index contributed by atoms with van der Waals surface area (Å²) in [5.41, 5.74) is 0. The summed E-state index contributed by atoms with van der Waals surface area (Å²) in [7, 11) is 0. The van der Waals surface area contributed by atoms with Gasteiger partial charge >= 0.3 is 29.6 Å². The van der Waals surface area contributed by atoms with E-state index in [1.165, 1.54) is 0 Å². The van der Waals surface area contributed by atoms with Crippen LogP contribution in [0.2, 0.25) is 0 Å². The Morgan fingerprint density at radius 1 is 1.67 bits per heavy atom. The molecule has 1 fully saturated rings. The first kappa shape index (κ1) is 12.7. The quantitative estimate of drug-likeness (QED) is 0.278. The van der Waals surface area contributed by atoms with E-state index in [4.69, 9.17) is 12.2 Å². The average molecular weight is 213 g/mol. The van der Waals surface area contributed by atoms with E-state index >= 15 is 0 Å². The van der Waals surface area contributed by atoms with Gasteiger partial charge in [0.05, 0.1) is 12.0 Å². The molecule has 0 aromatic heterocycles. The maximum atomic E-state index is 10.5. The smallest absolute Gasteiger partial charge is 0.548 e. The van der Waals surface area contributed by atoms with Crippen molar-refractivity contribution in [2.24, 2.45) is 0 Å². The van der Waals surface area contributed by atoms with Crippen molar-refractivity contribution in [3.05, 3.63) is 0 Å². The van der Waals surface area contributed by atoms with Crippen LogP contribution < -0.4 is 34.7 Å². The first-order chi connectivity index (χ1) is 5.13. The molecule has 0 bridgehead atoms. The molecule has 1 rings (SSSR count). The molecule has 0 aromatic carbocycles. The Morgan fingerprint density at radius 3 is 2.58 bits per heavy atom. The summed E-state index contributed by atoms with van der Waals surface area (Å²) in [4.78, 5) is 12.0. The molecular formula is C6H8NNaO2S2. The molecule has 6 heteroatoms. The molecule has 0 unspecified atom stereocenters. The second-order valence-electron chi connectivity index (χ2n) is 2.45. The third-order valence-corrected chi connectivity index (χ3v) is 2.26. The van der Waals surface area contributed by atoms with Gasteiger partial charge in [-0.3, -0.25) is 0 Å². The van der Waals surface area contributed by atoms with E-state index in [9.17, 15) is 9.90 Å². The molecule has 3 nitrogen and oxygen atoms in total. The van der Waals surface area contributed by atoms with Crippen LogP contribution in [0.1, 0.15) is 12.8 Å². The Morgan fingerprint density at radius 2 is 2.25 bits per heavy atom. The van der Waals surface area contributed by atoms with Gasteiger partial charge in [-0.15, -0.1) is 12.6 Å². The van der Waals surface area contributed by atoms with E-state index in [-0.39, 0.29) is 29.6 Å². The van der Waals surface area contributed by atoms with E-state index in [0.717, 1.165) is 6.42 Å². The molecule has 0 spiro atoms. The van der Waals surface area contributed by atoms with E-state index in [0.29, 0.717) is 17.3 Å². The fraction of sp³-hybridized carbons (Fsp3) is 0.667. The Labute approximate surface area is 104 Å². The molecule has 0 amide bonds. The molecule has 1 heterocycles. The number of hydrogen-bond donors (Lipinski definition) is 1. The topological polar surface area (TPSA) is 43.4 Å². The van der Waals surface area contributed by atoms with Gasteiger partial charge in [0.1, 0.15) is 4.32 Å². The van der Waals surface area contributed by atoms with Crippen molar-refractivity contribution in [1.29, 1.82) is 0 Å². The standard InChI is InChI=1S/C6H9NO2S2.Na/c8-5(9)4-2-1-3-7(4)6(10)11;/h4H,1-3H2,(H,8,9)(H,10,11);/q;+1/p-1/t4-;/m0./s1. The first-order valence-corrected chi connectivity index (χ1v) is 4.19. The summed E-state index contributed by atoms with van der Waals surface area (Å²) in [5.74, 6) is -1.06. The second-order valence-corrected chi connectivity index (χ2v) is 3.57. The van der Waals surface area contributed by atoms with Crippen LogP contribution in [0.4, 0.5) is 0 Å². The van der Waals surface area contributed by atoms with Gasteiger partial charge < -0.3 is 14.8 Å². The van der Waals surface area contributed by atoms with Crippen LogP contribution in [0.5, 0.6) is 0 Å². The minimum absolute atomic E-state index is 0. The number of aliphatic carboxylic acids is 1. The fourth-order valence-corrected chi connectivity index (χ4v) is 1.70. The Hall–Kier alpha value is 0.710. The molecule has 1 aliphatic heterocycles. The van der Waals surface area contributed by atoms with Gasteiger partial charge in [0.25, 0.3) is 0 Å². The monoisotopic (exact) mass is 213 g/mol. The number of thiol groups is 1. The van der Waals surface area contributed by atoms with Gasteiger partial charge in [-0.25, -0.2) is 0 Å². The van der Waals surface area contributed by atoms with Crippen LogP contribution in [0, 0.1) is 0 Å². The third kappa shape index (κ3) is 2.88. The van der Waals surface area contributed by atoms with Gasteiger partial charge in [0.2, 0.25) is 0 Å². The van der Waals surface area contributed by atoms with Gasteiger partial charge in [0.15, 0.2) is 0 Å². The van der Waals surface area contributed by atoms with E-state index in [1.54, 1.807) is 4.90 Å². The van der Waals surface area contributed by atoms with Crippen molar-refractivity contribution in [2.75, 3.05) is 6.54 Å². The zero-order valence-corrected chi connectivity index (χ0v) is 10.5. The molecule has 0 saturated carbocycles. The van der Waals surface area contributed by atoms with E-state index in [1.807, 2.05) is 0 Å². The summed E-state index contributed by atoms with van der Waals surface area (Å²) in [6.45, 7) is 0.682. The first-order valence-electron chi connectivity index (χ1n) is 3.33. The fourth-order valence-electron chi connectivity index (χ4n) is 1.24. The van der Waals surface area contributed by atoms with Gasteiger partial charge in [-0.2, -0.15) is 0 Å². The Balaban J connectivity index is 0.00000121. The number of carboxylic acid groups (broad SMARTS) is 1. The summed E-state index contributed by atoms with van der Waals surface area (Å²) in [6, 6.07) is -0.556. The zero-order valence-electron chi connectivity index (χ0n) is 6.82. The largest absolute Gasteiger partial charge is 1.00 e. The SMILES string of the molecule is O=C([O-])[C@@H]1CCCN1C(=S)S.[Na+]. The van der Waals surface area contributed by atoms with Crippen molar-refractivity contribution in [3.8, 4) is 0 Å². The zero-order chi connectivity index (χ0) is 8.43. The van der Waals surface area contributed by atoms with Gasteiger partial charge in [-0.1, -0.05) is 12.2 Å². The second kappa shape index (κ2) is 5.44. The van der Waals surface area contributed by atoms with Crippen molar-refractivity contribution < 1.29 is 39.5 Å². The third-order valence-electron chi connectivity index (χ3n) is 1.77. The molecule has 62 valence electrons. The van der Waals surface area contributed by atoms with Crippen molar-refractivity contribution >= 4 is 35.1 Å². The molecule has 1 saturated heterocycles. The van der Waals surface area contributed by atoms with E-state index < -0.39 is 12.0 Å². The molecule has 0 aliphatic carbocycles. The Kier molecular flexibility index (Phi) is 5.76. The molecule has 1 aliphatic rings. The summed E-state index contributed by atoms with van der Waals surface area (Å²) >= 11 is 8.66. The van der Waals surface area contributed by atoms with Gasteiger partial charge in [-0.05, 0) is 12.8 Å². The number of thiocarbonyl (C=S) groups is 1. The van der Waals surface area contributed by atoms with Crippen LogP contribution in [0.3, 0.4) is 0 Å². The van der Waals surface area contributed by atoms with Crippen LogP contribution in [-0.2, 0) is 4.79 Å². The summed E-state index contributed by atoms with van der Waals surface area (Å²) in [5, 5.41) is 10.5. The normalized spacial score (nSPS) is 21.8. The molecule has 0 radical (unpaired) electrons. The van der Waals surface area contributed by atoms with Crippen molar-refractivity contribution in [3.63, 3.8) is 0 Å². The minimum Gasteiger partial charge on any atom is -0.548 e. The predicted molar refractivity (Wildman–Crippen MR) is 46.3 cm³/mol. The maximum absolute atomic E-state index is 10.5. The number of likely N-dealkylation sites (tertiary alicyclic amines) is 1.